The molecule has 0 aliphatic heterocycles. The van der Waals surface area contributed by atoms with Gasteiger partial charge in [0.05, 0.1) is 25.2 Å². The Balaban J connectivity index is 1.69. The Morgan fingerprint density at radius 3 is 2.72 bits per heavy atom. The van der Waals surface area contributed by atoms with Crippen LogP contribution in [-0.2, 0) is 6.42 Å². The van der Waals surface area contributed by atoms with Crippen molar-refractivity contribution < 1.29 is 17.9 Å². The minimum atomic E-state index is -4.35. The largest absolute Gasteiger partial charge is 0.497 e. The van der Waals surface area contributed by atoms with Crippen molar-refractivity contribution in [2.24, 2.45) is 11.8 Å². The van der Waals surface area contributed by atoms with Crippen molar-refractivity contribution in [1.29, 1.82) is 0 Å². The highest BCUT2D eigenvalue weighted by Gasteiger charge is 2.30. The number of benzene rings is 1. The van der Waals surface area contributed by atoms with Crippen molar-refractivity contribution >= 4 is 11.5 Å². The van der Waals surface area contributed by atoms with Crippen LogP contribution in [0.4, 0.5) is 19.1 Å². The summed E-state index contributed by atoms with van der Waals surface area (Å²) in [7, 11) is 1.42. The number of nitrogens with one attached hydrogen (secondary N) is 1. The third kappa shape index (κ3) is 4.13. The number of aromatic nitrogens is 4. The highest BCUT2D eigenvalue weighted by Crippen LogP contribution is 2.35. The van der Waals surface area contributed by atoms with Gasteiger partial charge in [-0.2, -0.15) is 13.2 Å². The van der Waals surface area contributed by atoms with E-state index >= 15 is 0 Å². The van der Waals surface area contributed by atoms with E-state index in [0.29, 0.717) is 34.4 Å². The summed E-state index contributed by atoms with van der Waals surface area (Å²) in [6.07, 6.45) is 0.0960. The lowest BCUT2D eigenvalue weighted by Gasteiger charge is -2.32. The van der Waals surface area contributed by atoms with Crippen LogP contribution in [0.15, 0.2) is 30.7 Å². The first-order valence-corrected chi connectivity index (χ1v) is 9.50. The van der Waals surface area contributed by atoms with E-state index in [9.17, 15) is 13.2 Å². The Hall–Kier alpha value is -2.84. The van der Waals surface area contributed by atoms with Crippen LogP contribution in [0.25, 0.3) is 16.8 Å². The van der Waals surface area contributed by atoms with Gasteiger partial charge < -0.3 is 10.1 Å². The molecule has 4 rings (SSSR count). The second-order valence-electron chi connectivity index (χ2n) is 7.66. The molecule has 2 aromatic heterocycles. The Kier molecular flexibility index (Phi) is 5.06. The molecule has 0 amide bonds. The number of halogens is 3. The fourth-order valence-electron chi connectivity index (χ4n) is 3.91. The van der Waals surface area contributed by atoms with Crippen LogP contribution in [-0.4, -0.2) is 39.4 Å². The van der Waals surface area contributed by atoms with E-state index in [1.807, 2.05) is 0 Å². The second-order valence-corrected chi connectivity index (χ2v) is 7.66. The molecule has 1 fully saturated rings. The van der Waals surface area contributed by atoms with Crippen LogP contribution < -0.4 is 10.1 Å². The minimum absolute atomic E-state index is 0.0819. The lowest BCUT2D eigenvalue weighted by Crippen LogP contribution is -2.28. The molecule has 2 heterocycles. The predicted octanol–water partition coefficient (Wildman–Crippen LogP) is 4.36. The first kappa shape index (κ1) is 19.5. The van der Waals surface area contributed by atoms with E-state index in [1.54, 1.807) is 29.1 Å². The number of imidazole rings is 1. The predicted molar refractivity (Wildman–Crippen MR) is 103 cm³/mol. The van der Waals surface area contributed by atoms with Crippen LogP contribution in [0.2, 0.25) is 0 Å². The van der Waals surface area contributed by atoms with Crippen LogP contribution in [0, 0.1) is 11.8 Å². The Morgan fingerprint density at radius 2 is 2.03 bits per heavy atom. The van der Waals surface area contributed by atoms with Gasteiger partial charge in [0.25, 0.3) is 0 Å². The van der Waals surface area contributed by atoms with Gasteiger partial charge in [-0.05, 0) is 48.4 Å². The highest BCUT2D eigenvalue weighted by molar-refractivity contribution is 5.79. The van der Waals surface area contributed by atoms with Crippen LogP contribution in [0.1, 0.15) is 25.3 Å². The second kappa shape index (κ2) is 7.53. The van der Waals surface area contributed by atoms with Crippen LogP contribution in [0.3, 0.4) is 0 Å². The maximum atomic E-state index is 13.1. The molecular weight excluding hydrogens is 383 g/mol. The summed E-state index contributed by atoms with van der Waals surface area (Å²) in [6, 6.07) is 4.59. The topological polar surface area (TPSA) is 64.3 Å². The number of ether oxygens (including phenoxy) is 1. The van der Waals surface area contributed by atoms with E-state index in [4.69, 9.17) is 4.74 Å². The van der Waals surface area contributed by atoms with Crippen molar-refractivity contribution in [3.63, 3.8) is 0 Å². The molecule has 0 unspecified atom stereocenters. The fraction of sp³-hybridized carbons (Fsp3) is 0.450. The Labute approximate surface area is 166 Å². The normalized spacial score (nSPS) is 19.2. The zero-order chi connectivity index (χ0) is 20.6. The van der Waals surface area contributed by atoms with Gasteiger partial charge in [0.15, 0.2) is 0 Å². The van der Waals surface area contributed by atoms with Crippen molar-refractivity contribution in [2.75, 3.05) is 19.0 Å². The molecule has 0 spiro atoms. The molecule has 154 valence electrons. The van der Waals surface area contributed by atoms with Gasteiger partial charge in [0.1, 0.15) is 17.8 Å². The van der Waals surface area contributed by atoms with E-state index in [1.165, 1.54) is 26.0 Å². The van der Waals surface area contributed by atoms with Gasteiger partial charge in [0.2, 0.25) is 5.95 Å². The zero-order valence-electron chi connectivity index (χ0n) is 16.2. The molecule has 3 aromatic rings. The number of rotatable bonds is 6. The third-order valence-corrected chi connectivity index (χ3v) is 5.33. The standard InChI is InChI=1S/C20H22F3N5O/c1-12-5-13(6-12)9-25-19-27-26-18(17-10-24-11-28(17)19)16-4-3-15(29-2)7-14(16)8-20(21,22)23/h3-4,7,10-13H,5-6,8-9H2,1-2H3,(H,25,27). The maximum absolute atomic E-state index is 13.1. The van der Waals surface area contributed by atoms with E-state index in [-0.39, 0.29) is 5.56 Å². The fourth-order valence-corrected chi connectivity index (χ4v) is 3.91. The van der Waals surface area contributed by atoms with Crippen molar-refractivity contribution in [2.45, 2.75) is 32.4 Å². The van der Waals surface area contributed by atoms with Gasteiger partial charge >= 0.3 is 6.18 Å². The molecule has 0 saturated heterocycles. The molecule has 1 aliphatic rings. The summed E-state index contributed by atoms with van der Waals surface area (Å²) in [6.45, 7) is 3.01. The zero-order valence-corrected chi connectivity index (χ0v) is 16.2. The number of hydrogen-bond acceptors (Lipinski definition) is 5. The molecule has 0 atom stereocenters. The number of fused-ring (bicyclic) bond motifs is 1. The Morgan fingerprint density at radius 1 is 1.24 bits per heavy atom. The molecule has 0 bridgehead atoms. The highest BCUT2D eigenvalue weighted by atomic mass is 19.4. The number of alkyl halides is 3. The SMILES string of the molecule is COc1ccc(-c2nnc(NCC3CC(C)C3)n3cncc23)c(CC(F)(F)F)c1. The van der Waals surface area contributed by atoms with Crippen LogP contribution in [0.5, 0.6) is 5.75 Å². The maximum Gasteiger partial charge on any atom is 0.393 e. The summed E-state index contributed by atoms with van der Waals surface area (Å²) in [4.78, 5) is 4.16. The van der Waals surface area contributed by atoms with Gasteiger partial charge in [-0.1, -0.05) is 6.92 Å². The van der Waals surface area contributed by atoms with E-state index in [2.05, 4.69) is 27.4 Å². The van der Waals surface area contributed by atoms with E-state index in [0.717, 1.165) is 12.5 Å². The van der Waals surface area contributed by atoms with Gasteiger partial charge in [-0.3, -0.25) is 4.40 Å². The van der Waals surface area contributed by atoms with Crippen molar-refractivity contribution in [3.05, 3.63) is 36.3 Å². The van der Waals surface area contributed by atoms with Crippen molar-refractivity contribution in [3.8, 4) is 17.0 Å². The molecular formula is C20H22F3N5O. The van der Waals surface area contributed by atoms with E-state index < -0.39 is 12.6 Å². The number of methoxy groups -OCH3 is 1. The Bertz CT molecular complexity index is 1010. The first-order chi connectivity index (χ1) is 13.8. The molecule has 1 saturated carbocycles. The summed E-state index contributed by atoms with van der Waals surface area (Å²) in [5.74, 6) is 2.25. The van der Waals surface area contributed by atoms with Gasteiger partial charge in [-0.25, -0.2) is 4.98 Å². The molecule has 9 heteroatoms. The molecule has 1 N–H and O–H groups in total. The third-order valence-electron chi connectivity index (χ3n) is 5.33. The summed E-state index contributed by atoms with van der Waals surface area (Å²) < 4.78 is 46.2. The number of anilines is 1. The summed E-state index contributed by atoms with van der Waals surface area (Å²) >= 11 is 0. The lowest BCUT2D eigenvalue weighted by molar-refractivity contribution is -0.127. The monoisotopic (exact) mass is 405 g/mol. The molecule has 6 nitrogen and oxygen atoms in total. The molecule has 0 radical (unpaired) electrons. The summed E-state index contributed by atoms with van der Waals surface area (Å²) in [5.41, 5.74) is 1.39. The quantitative estimate of drug-likeness (QED) is 0.660. The minimum Gasteiger partial charge on any atom is -0.497 e. The lowest BCUT2D eigenvalue weighted by atomic mass is 9.76. The first-order valence-electron chi connectivity index (χ1n) is 9.50. The average Bonchev–Trinajstić information content (AvgIpc) is 3.13. The van der Waals surface area contributed by atoms with Crippen molar-refractivity contribution in [1.82, 2.24) is 19.6 Å². The molecule has 1 aliphatic carbocycles. The smallest absolute Gasteiger partial charge is 0.393 e. The summed E-state index contributed by atoms with van der Waals surface area (Å²) in [5, 5.41) is 11.8. The van der Waals surface area contributed by atoms with Gasteiger partial charge in [-0.15, -0.1) is 10.2 Å². The molecule has 29 heavy (non-hydrogen) atoms. The van der Waals surface area contributed by atoms with Gasteiger partial charge in [0, 0.05) is 12.1 Å². The number of nitrogens with zero attached hydrogens (tertiary/aromatic N) is 4. The van der Waals surface area contributed by atoms with Crippen LogP contribution >= 0.6 is 0 Å². The number of hydrogen-bond donors (Lipinski definition) is 1. The average molecular weight is 405 g/mol. The molecule has 1 aromatic carbocycles.